The van der Waals surface area contributed by atoms with Gasteiger partial charge >= 0.3 is 0 Å². The number of nitrogens with one attached hydrogen (secondary N) is 1. The lowest BCUT2D eigenvalue weighted by Gasteiger charge is -2.27. The van der Waals surface area contributed by atoms with E-state index in [-0.39, 0.29) is 27.6 Å². The van der Waals surface area contributed by atoms with E-state index in [1.165, 1.54) is 16.8 Å². The van der Waals surface area contributed by atoms with Crippen molar-refractivity contribution in [2.45, 2.75) is 25.4 Å². The smallest absolute Gasteiger partial charge is 0.252 e. The summed E-state index contributed by atoms with van der Waals surface area (Å²) in [6.07, 6.45) is 2.51. The summed E-state index contributed by atoms with van der Waals surface area (Å²) in [6, 6.07) is 1.61. The summed E-state index contributed by atoms with van der Waals surface area (Å²) in [5.74, 6) is -1.78. The Balaban J connectivity index is 1.77. The highest BCUT2D eigenvalue weighted by Crippen LogP contribution is 2.32. The molecule has 0 amide bonds. The molecule has 0 saturated carbocycles. The zero-order chi connectivity index (χ0) is 20.0. The Hall–Kier alpha value is -2.49. The zero-order valence-corrected chi connectivity index (χ0v) is 15.8. The first-order chi connectivity index (χ1) is 13.4. The molecule has 0 fully saturated rings. The SMILES string of the molecule is CC1Cc2c(nnn2-c2ncc(F)cn2)C(C(=O)c2ccc(Cl)c(F)c2Cl)N1. The van der Waals surface area contributed by atoms with Crippen LogP contribution in [0.2, 0.25) is 10.0 Å². The fraction of sp³-hybridized carbons (Fsp3) is 0.235. The van der Waals surface area contributed by atoms with E-state index in [0.29, 0.717) is 17.8 Å². The van der Waals surface area contributed by atoms with Crippen LogP contribution in [0, 0.1) is 11.6 Å². The molecule has 3 heterocycles. The van der Waals surface area contributed by atoms with Crippen LogP contribution < -0.4 is 5.32 Å². The molecule has 0 radical (unpaired) electrons. The number of carbonyl (C=O) groups excluding carboxylic acids is 1. The van der Waals surface area contributed by atoms with Crippen LogP contribution in [-0.4, -0.2) is 36.8 Å². The van der Waals surface area contributed by atoms with Crippen molar-refractivity contribution >= 4 is 29.0 Å². The van der Waals surface area contributed by atoms with E-state index in [9.17, 15) is 13.6 Å². The van der Waals surface area contributed by atoms with Crippen molar-refractivity contribution in [2.24, 2.45) is 0 Å². The molecular weight excluding hydrogens is 413 g/mol. The number of rotatable bonds is 3. The lowest BCUT2D eigenvalue weighted by molar-refractivity contribution is 0.0928. The van der Waals surface area contributed by atoms with Crippen molar-refractivity contribution in [1.29, 1.82) is 0 Å². The molecule has 0 aliphatic carbocycles. The van der Waals surface area contributed by atoms with Gasteiger partial charge in [0.05, 0.1) is 28.1 Å². The number of hydrogen-bond acceptors (Lipinski definition) is 6. The number of hydrogen-bond donors (Lipinski definition) is 1. The third-order valence-electron chi connectivity index (χ3n) is 4.38. The number of halogens is 4. The van der Waals surface area contributed by atoms with Crippen LogP contribution in [0.1, 0.15) is 34.7 Å². The topological polar surface area (TPSA) is 85.6 Å². The van der Waals surface area contributed by atoms with Gasteiger partial charge in [0.1, 0.15) is 11.7 Å². The van der Waals surface area contributed by atoms with Gasteiger partial charge in [-0.25, -0.2) is 18.7 Å². The second-order valence-electron chi connectivity index (χ2n) is 6.33. The van der Waals surface area contributed by atoms with E-state index in [1.807, 2.05) is 6.92 Å². The lowest BCUT2D eigenvalue weighted by atomic mass is 9.93. The maximum atomic E-state index is 14.0. The standard InChI is InChI=1S/C17H12Cl2F2N6O/c1-7-4-11-14(25-26-27(11)17-22-5-8(20)6-23-17)15(24-7)16(28)9-2-3-10(18)13(21)12(9)19/h2-3,5-7,15,24H,4H2,1H3. The Kier molecular flexibility index (Phi) is 4.82. The molecule has 28 heavy (non-hydrogen) atoms. The molecule has 7 nitrogen and oxygen atoms in total. The molecule has 2 atom stereocenters. The third kappa shape index (κ3) is 3.15. The largest absolute Gasteiger partial charge is 0.299 e. The molecule has 2 unspecified atom stereocenters. The average Bonchev–Trinajstić information content (AvgIpc) is 3.09. The number of carbonyl (C=O) groups is 1. The summed E-state index contributed by atoms with van der Waals surface area (Å²) >= 11 is 11.7. The minimum atomic E-state index is -0.897. The van der Waals surface area contributed by atoms with E-state index >= 15 is 0 Å². The molecule has 1 aliphatic rings. The second-order valence-corrected chi connectivity index (χ2v) is 7.11. The normalized spacial score (nSPS) is 18.8. The van der Waals surface area contributed by atoms with Gasteiger partial charge in [0.15, 0.2) is 17.4 Å². The number of nitrogens with zero attached hydrogens (tertiary/aromatic N) is 5. The molecule has 1 aromatic carbocycles. The van der Waals surface area contributed by atoms with Crippen molar-refractivity contribution in [1.82, 2.24) is 30.3 Å². The summed E-state index contributed by atoms with van der Waals surface area (Å²) in [5.41, 5.74) is 0.929. The average molecular weight is 425 g/mol. The first-order valence-electron chi connectivity index (χ1n) is 8.23. The molecular formula is C17H12Cl2F2N6O. The van der Waals surface area contributed by atoms with Gasteiger partial charge in [-0.3, -0.25) is 10.1 Å². The maximum absolute atomic E-state index is 14.0. The maximum Gasteiger partial charge on any atom is 0.252 e. The molecule has 11 heteroatoms. The van der Waals surface area contributed by atoms with Crippen LogP contribution in [0.3, 0.4) is 0 Å². The quantitative estimate of drug-likeness (QED) is 0.513. The van der Waals surface area contributed by atoms with Gasteiger partial charge in [0.25, 0.3) is 5.95 Å². The lowest BCUT2D eigenvalue weighted by Crippen LogP contribution is -2.42. The highest BCUT2D eigenvalue weighted by molar-refractivity contribution is 6.37. The summed E-state index contributed by atoms with van der Waals surface area (Å²) in [7, 11) is 0. The Morgan fingerprint density at radius 2 is 1.96 bits per heavy atom. The minimum Gasteiger partial charge on any atom is -0.299 e. The van der Waals surface area contributed by atoms with E-state index in [4.69, 9.17) is 23.2 Å². The van der Waals surface area contributed by atoms with E-state index in [1.54, 1.807) is 0 Å². The summed E-state index contributed by atoms with van der Waals surface area (Å²) in [6.45, 7) is 1.87. The minimum absolute atomic E-state index is 0.0197. The van der Waals surface area contributed by atoms with Crippen molar-refractivity contribution in [3.63, 3.8) is 0 Å². The van der Waals surface area contributed by atoms with Crippen molar-refractivity contribution < 1.29 is 13.6 Å². The molecule has 0 saturated heterocycles. The molecule has 3 aromatic rings. The van der Waals surface area contributed by atoms with Crippen LogP contribution in [0.4, 0.5) is 8.78 Å². The fourth-order valence-electron chi connectivity index (χ4n) is 3.09. The Morgan fingerprint density at radius 3 is 2.68 bits per heavy atom. The van der Waals surface area contributed by atoms with Gasteiger partial charge in [-0.15, -0.1) is 5.10 Å². The molecule has 4 rings (SSSR count). The highest BCUT2D eigenvalue weighted by Gasteiger charge is 2.36. The van der Waals surface area contributed by atoms with Crippen LogP contribution in [-0.2, 0) is 6.42 Å². The van der Waals surface area contributed by atoms with Gasteiger partial charge in [-0.1, -0.05) is 28.4 Å². The van der Waals surface area contributed by atoms with Gasteiger partial charge in [-0.05, 0) is 19.1 Å². The molecule has 144 valence electrons. The van der Waals surface area contributed by atoms with Crippen LogP contribution >= 0.6 is 23.2 Å². The predicted molar refractivity (Wildman–Crippen MR) is 96.7 cm³/mol. The van der Waals surface area contributed by atoms with Gasteiger partial charge < -0.3 is 0 Å². The van der Waals surface area contributed by atoms with Crippen LogP contribution in [0.15, 0.2) is 24.5 Å². The Morgan fingerprint density at radius 1 is 1.25 bits per heavy atom. The van der Waals surface area contributed by atoms with Gasteiger partial charge in [0.2, 0.25) is 0 Å². The first-order valence-corrected chi connectivity index (χ1v) is 8.98. The number of aromatic nitrogens is 5. The molecule has 0 bridgehead atoms. The summed E-state index contributed by atoms with van der Waals surface area (Å²) < 4.78 is 28.5. The Labute approximate surface area is 167 Å². The van der Waals surface area contributed by atoms with E-state index in [0.717, 1.165) is 12.4 Å². The number of ketones is 1. The first kappa shape index (κ1) is 18.9. The number of fused-ring (bicyclic) bond motifs is 1. The van der Waals surface area contributed by atoms with Crippen molar-refractivity contribution in [3.05, 3.63) is 63.2 Å². The third-order valence-corrected chi connectivity index (χ3v) is 5.04. The molecule has 1 aliphatic heterocycles. The fourth-order valence-corrected chi connectivity index (χ4v) is 3.55. The predicted octanol–water partition coefficient (Wildman–Crippen LogP) is 3.10. The molecule has 0 spiro atoms. The van der Waals surface area contributed by atoms with Crippen molar-refractivity contribution in [3.8, 4) is 5.95 Å². The number of Topliss-reactive ketones (excluding diaryl/α,β-unsaturated/α-hetero) is 1. The summed E-state index contributed by atoms with van der Waals surface area (Å²) in [5, 5.41) is 10.7. The molecule has 1 N–H and O–H groups in total. The van der Waals surface area contributed by atoms with Gasteiger partial charge in [-0.2, -0.15) is 4.68 Å². The number of benzene rings is 1. The Bertz CT molecular complexity index is 1070. The highest BCUT2D eigenvalue weighted by atomic mass is 35.5. The van der Waals surface area contributed by atoms with Crippen LogP contribution in [0.25, 0.3) is 5.95 Å². The van der Waals surface area contributed by atoms with E-state index < -0.39 is 23.5 Å². The van der Waals surface area contributed by atoms with Crippen molar-refractivity contribution in [2.75, 3.05) is 0 Å². The zero-order valence-electron chi connectivity index (χ0n) is 14.3. The second kappa shape index (κ2) is 7.16. The monoisotopic (exact) mass is 424 g/mol. The molecule has 2 aromatic heterocycles. The van der Waals surface area contributed by atoms with Crippen LogP contribution in [0.5, 0.6) is 0 Å². The van der Waals surface area contributed by atoms with Gasteiger partial charge in [0, 0.05) is 18.0 Å². The summed E-state index contributed by atoms with van der Waals surface area (Å²) in [4.78, 5) is 20.9. The van der Waals surface area contributed by atoms with E-state index in [2.05, 4.69) is 25.6 Å².